The van der Waals surface area contributed by atoms with Crippen LogP contribution in [0.3, 0.4) is 0 Å². The number of halogens is 2. The van der Waals surface area contributed by atoms with E-state index in [1.807, 2.05) is 18.7 Å². The molecule has 2 heterocycles. The van der Waals surface area contributed by atoms with Crippen LogP contribution >= 0.6 is 27.5 Å². The largest absolute Gasteiger partial charge is 0.297 e. The van der Waals surface area contributed by atoms with Crippen LogP contribution in [0.2, 0.25) is 5.02 Å². The van der Waals surface area contributed by atoms with Crippen LogP contribution in [0.4, 0.5) is 0 Å². The highest BCUT2D eigenvalue weighted by Crippen LogP contribution is 2.25. The van der Waals surface area contributed by atoms with Crippen molar-refractivity contribution in [1.82, 2.24) is 14.7 Å². The predicted octanol–water partition coefficient (Wildman–Crippen LogP) is 3.38. The second kappa shape index (κ2) is 6.40. The van der Waals surface area contributed by atoms with E-state index in [0.717, 1.165) is 34.2 Å². The van der Waals surface area contributed by atoms with Gasteiger partial charge in [0.1, 0.15) is 0 Å². The molecular weight excluding hydrogens is 314 g/mol. The number of alkyl halides is 1. The van der Waals surface area contributed by atoms with Gasteiger partial charge in [-0.3, -0.25) is 9.58 Å². The molecular formula is C13H21BrClN3. The van der Waals surface area contributed by atoms with E-state index in [1.165, 1.54) is 32.4 Å². The van der Waals surface area contributed by atoms with Crippen molar-refractivity contribution in [3.8, 4) is 0 Å². The van der Waals surface area contributed by atoms with Crippen LogP contribution in [0.5, 0.6) is 0 Å². The number of rotatable bonds is 4. The molecule has 0 saturated carbocycles. The minimum absolute atomic E-state index is 0.825. The number of aryl methyl sites for hydroxylation is 2. The van der Waals surface area contributed by atoms with Gasteiger partial charge in [0.2, 0.25) is 0 Å². The molecule has 5 heteroatoms. The number of hydrogen-bond acceptors (Lipinski definition) is 2. The topological polar surface area (TPSA) is 21.1 Å². The summed E-state index contributed by atoms with van der Waals surface area (Å²) >= 11 is 9.86. The van der Waals surface area contributed by atoms with E-state index >= 15 is 0 Å². The lowest BCUT2D eigenvalue weighted by Crippen LogP contribution is -2.35. The average Bonchev–Trinajstić information content (AvgIpc) is 2.57. The van der Waals surface area contributed by atoms with Crippen molar-refractivity contribution >= 4 is 27.5 Å². The molecule has 1 aromatic heterocycles. The Morgan fingerprint density at radius 2 is 2.28 bits per heavy atom. The fourth-order valence-electron chi connectivity index (χ4n) is 2.75. The number of nitrogens with zero attached hydrogens (tertiary/aromatic N) is 3. The van der Waals surface area contributed by atoms with E-state index in [2.05, 4.69) is 25.9 Å². The number of likely N-dealkylation sites (tertiary alicyclic amines) is 1. The lowest BCUT2D eigenvalue weighted by Gasteiger charge is -2.32. The van der Waals surface area contributed by atoms with Gasteiger partial charge >= 0.3 is 0 Å². The van der Waals surface area contributed by atoms with Crippen molar-refractivity contribution in [2.75, 3.05) is 18.4 Å². The summed E-state index contributed by atoms with van der Waals surface area (Å²) in [6.07, 6.45) is 3.93. The molecule has 0 aromatic carbocycles. The molecule has 0 amide bonds. The maximum Gasteiger partial charge on any atom is 0.0860 e. The van der Waals surface area contributed by atoms with Crippen LogP contribution < -0.4 is 0 Å². The molecule has 1 aliphatic heterocycles. The Labute approximate surface area is 123 Å². The molecule has 18 heavy (non-hydrogen) atoms. The summed E-state index contributed by atoms with van der Waals surface area (Å²) in [6, 6.07) is 0. The zero-order chi connectivity index (χ0) is 13.1. The van der Waals surface area contributed by atoms with E-state index in [0.29, 0.717) is 0 Å². The highest BCUT2D eigenvalue weighted by molar-refractivity contribution is 9.09. The maximum absolute atomic E-state index is 6.31. The molecule has 1 unspecified atom stereocenters. The Bertz CT molecular complexity index is 403. The van der Waals surface area contributed by atoms with Gasteiger partial charge in [-0.15, -0.1) is 0 Å². The molecule has 1 saturated heterocycles. The highest BCUT2D eigenvalue weighted by atomic mass is 79.9. The Morgan fingerprint density at radius 1 is 1.50 bits per heavy atom. The van der Waals surface area contributed by atoms with E-state index in [-0.39, 0.29) is 0 Å². The summed E-state index contributed by atoms with van der Waals surface area (Å²) in [5.74, 6) is 0.825. The molecule has 3 nitrogen and oxygen atoms in total. The van der Waals surface area contributed by atoms with Crippen LogP contribution in [0.25, 0.3) is 0 Å². The second-order valence-electron chi connectivity index (χ2n) is 5.19. The Balaban J connectivity index is 2.00. The van der Waals surface area contributed by atoms with E-state index in [9.17, 15) is 0 Å². The first-order valence-electron chi connectivity index (χ1n) is 6.58. The monoisotopic (exact) mass is 333 g/mol. The van der Waals surface area contributed by atoms with Crippen LogP contribution in [0.15, 0.2) is 0 Å². The average molecular weight is 335 g/mol. The third-order valence-corrected chi connectivity index (χ3v) is 4.70. The van der Waals surface area contributed by atoms with Gasteiger partial charge in [-0.05, 0) is 38.6 Å². The SMILES string of the molecule is Cc1nn(C)c(CN2CCCC(CCBr)C2)c1Cl. The van der Waals surface area contributed by atoms with Crippen LogP contribution in [0.1, 0.15) is 30.7 Å². The van der Waals surface area contributed by atoms with Gasteiger partial charge in [-0.2, -0.15) is 5.10 Å². The number of piperidine rings is 1. The molecule has 0 radical (unpaired) electrons. The molecule has 1 atom stereocenters. The van der Waals surface area contributed by atoms with Crippen molar-refractivity contribution in [2.45, 2.75) is 32.7 Å². The van der Waals surface area contributed by atoms with E-state index in [4.69, 9.17) is 11.6 Å². The quantitative estimate of drug-likeness (QED) is 0.787. The molecule has 1 aromatic rings. The minimum Gasteiger partial charge on any atom is -0.297 e. The van der Waals surface area contributed by atoms with Gasteiger partial charge < -0.3 is 0 Å². The third-order valence-electron chi connectivity index (χ3n) is 3.76. The van der Waals surface area contributed by atoms with Crippen molar-refractivity contribution in [1.29, 1.82) is 0 Å². The lowest BCUT2D eigenvalue weighted by molar-refractivity contribution is 0.162. The summed E-state index contributed by atoms with van der Waals surface area (Å²) in [4.78, 5) is 2.51. The minimum atomic E-state index is 0.825. The van der Waals surface area contributed by atoms with Gasteiger partial charge in [0.15, 0.2) is 0 Å². The van der Waals surface area contributed by atoms with E-state index in [1.54, 1.807) is 0 Å². The van der Waals surface area contributed by atoms with Gasteiger partial charge in [0, 0.05) is 25.5 Å². The standard InChI is InChI=1S/C13H21BrClN3/c1-10-13(15)12(17(2)16-10)9-18-7-3-4-11(8-18)5-6-14/h11H,3-9H2,1-2H3. The van der Waals surface area contributed by atoms with Crippen molar-refractivity contribution < 1.29 is 0 Å². The first-order valence-corrected chi connectivity index (χ1v) is 8.08. The fourth-order valence-corrected chi connectivity index (χ4v) is 3.62. The Hall–Kier alpha value is -0.0600. The molecule has 2 rings (SSSR count). The fraction of sp³-hybridized carbons (Fsp3) is 0.769. The number of hydrogen-bond donors (Lipinski definition) is 0. The van der Waals surface area contributed by atoms with Crippen molar-refractivity contribution in [2.24, 2.45) is 13.0 Å². The molecule has 1 fully saturated rings. The second-order valence-corrected chi connectivity index (χ2v) is 6.36. The van der Waals surface area contributed by atoms with Crippen LogP contribution in [-0.4, -0.2) is 33.1 Å². The molecule has 0 aliphatic carbocycles. The zero-order valence-electron chi connectivity index (χ0n) is 11.1. The summed E-state index contributed by atoms with van der Waals surface area (Å²) < 4.78 is 1.92. The van der Waals surface area contributed by atoms with Gasteiger partial charge in [0.05, 0.1) is 16.4 Å². The summed E-state index contributed by atoms with van der Waals surface area (Å²) in [5.41, 5.74) is 2.08. The highest BCUT2D eigenvalue weighted by Gasteiger charge is 2.21. The smallest absolute Gasteiger partial charge is 0.0860 e. The van der Waals surface area contributed by atoms with Crippen LogP contribution in [-0.2, 0) is 13.6 Å². The Morgan fingerprint density at radius 3 is 2.89 bits per heavy atom. The predicted molar refractivity (Wildman–Crippen MR) is 79.4 cm³/mol. The van der Waals surface area contributed by atoms with Crippen LogP contribution in [0, 0.1) is 12.8 Å². The van der Waals surface area contributed by atoms with Crippen molar-refractivity contribution in [3.05, 3.63) is 16.4 Å². The van der Waals surface area contributed by atoms with E-state index < -0.39 is 0 Å². The Kier molecular flexibility index (Phi) is 5.10. The summed E-state index contributed by atoms with van der Waals surface area (Å²) in [6.45, 7) is 5.26. The molecule has 1 aliphatic rings. The van der Waals surface area contributed by atoms with Gasteiger partial charge in [-0.25, -0.2) is 0 Å². The summed E-state index contributed by atoms with van der Waals surface area (Å²) in [7, 11) is 1.98. The lowest BCUT2D eigenvalue weighted by atomic mass is 9.95. The zero-order valence-corrected chi connectivity index (χ0v) is 13.5. The first-order chi connectivity index (χ1) is 8.61. The molecule has 102 valence electrons. The van der Waals surface area contributed by atoms with Crippen molar-refractivity contribution in [3.63, 3.8) is 0 Å². The molecule has 0 N–H and O–H groups in total. The molecule has 0 spiro atoms. The first kappa shape index (κ1) is 14.4. The van der Waals surface area contributed by atoms with Gasteiger partial charge in [0.25, 0.3) is 0 Å². The van der Waals surface area contributed by atoms with Gasteiger partial charge in [-0.1, -0.05) is 27.5 Å². The number of aromatic nitrogens is 2. The summed E-state index contributed by atoms with van der Waals surface area (Å²) in [5, 5.41) is 6.32. The third kappa shape index (κ3) is 3.28. The normalized spacial score (nSPS) is 21.4. The molecule has 0 bridgehead atoms. The maximum atomic E-state index is 6.31.